The first kappa shape index (κ1) is 17.5. The molecule has 1 aromatic rings. The minimum Gasteiger partial charge on any atom is -0.492 e. The Morgan fingerprint density at radius 2 is 1.95 bits per heavy atom. The smallest absolute Gasteiger partial charge is 0.122 e. The zero-order chi connectivity index (χ0) is 15.0. The van der Waals surface area contributed by atoms with Crippen molar-refractivity contribution >= 4 is 15.9 Å². The number of halogens is 1. The van der Waals surface area contributed by atoms with Crippen LogP contribution in [0.15, 0.2) is 22.7 Å². The van der Waals surface area contributed by atoms with Crippen molar-refractivity contribution < 1.29 is 4.74 Å². The van der Waals surface area contributed by atoms with Crippen LogP contribution in [0.2, 0.25) is 0 Å². The number of nitrogens with zero attached hydrogens (tertiary/aromatic N) is 1. The normalized spacial score (nSPS) is 12.7. The third-order valence-electron chi connectivity index (χ3n) is 3.59. The standard InChI is InChI=1S/C16H27BrN2O/c1-4-15(18)12-13-11-14(17)7-8-16(13)20-10-9-19(5-2)6-3/h7-8,11,15H,4-6,9-10,12,18H2,1-3H3. The maximum Gasteiger partial charge on any atom is 0.122 e. The topological polar surface area (TPSA) is 38.5 Å². The minimum atomic E-state index is 0.189. The van der Waals surface area contributed by atoms with Crippen molar-refractivity contribution in [3.05, 3.63) is 28.2 Å². The van der Waals surface area contributed by atoms with E-state index in [1.54, 1.807) is 0 Å². The van der Waals surface area contributed by atoms with Gasteiger partial charge in [-0.3, -0.25) is 0 Å². The molecule has 0 bridgehead atoms. The number of nitrogens with two attached hydrogens (primary N) is 1. The molecule has 0 spiro atoms. The quantitative estimate of drug-likeness (QED) is 0.746. The molecule has 0 aromatic heterocycles. The minimum absolute atomic E-state index is 0.189. The number of hydrogen-bond donors (Lipinski definition) is 1. The molecule has 4 heteroatoms. The molecule has 0 amide bonds. The Morgan fingerprint density at radius 3 is 2.55 bits per heavy atom. The molecule has 0 aliphatic heterocycles. The van der Waals surface area contributed by atoms with Crippen LogP contribution in [-0.2, 0) is 6.42 Å². The molecule has 3 nitrogen and oxygen atoms in total. The van der Waals surface area contributed by atoms with Crippen LogP contribution in [0.1, 0.15) is 32.8 Å². The molecule has 0 saturated carbocycles. The van der Waals surface area contributed by atoms with Gasteiger partial charge in [-0.15, -0.1) is 0 Å². The average molecular weight is 343 g/mol. The average Bonchev–Trinajstić information content (AvgIpc) is 2.45. The van der Waals surface area contributed by atoms with E-state index in [0.29, 0.717) is 0 Å². The van der Waals surface area contributed by atoms with E-state index >= 15 is 0 Å². The first-order valence-corrected chi connectivity index (χ1v) is 8.29. The number of ether oxygens (including phenoxy) is 1. The molecule has 2 N–H and O–H groups in total. The highest BCUT2D eigenvalue weighted by Gasteiger charge is 2.09. The van der Waals surface area contributed by atoms with Crippen LogP contribution in [-0.4, -0.2) is 37.2 Å². The maximum absolute atomic E-state index is 6.06. The van der Waals surface area contributed by atoms with Gasteiger partial charge in [-0.05, 0) is 49.7 Å². The zero-order valence-electron chi connectivity index (χ0n) is 12.9. The van der Waals surface area contributed by atoms with Gasteiger partial charge in [-0.1, -0.05) is 36.7 Å². The number of rotatable bonds is 9. The van der Waals surface area contributed by atoms with Crippen molar-refractivity contribution in [1.82, 2.24) is 4.90 Å². The van der Waals surface area contributed by atoms with Crippen LogP contribution in [0.5, 0.6) is 5.75 Å². The summed E-state index contributed by atoms with van der Waals surface area (Å²) in [5.74, 6) is 0.962. The summed E-state index contributed by atoms with van der Waals surface area (Å²) in [5.41, 5.74) is 7.25. The lowest BCUT2D eigenvalue weighted by atomic mass is 10.0. The van der Waals surface area contributed by atoms with E-state index in [4.69, 9.17) is 10.5 Å². The third kappa shape index (κ3) is 5.81. The van der Waals surface area contributed by atoms with Gasteiger partial charge in [0.2, 0.25) is 0 Å². The van der Waals surface area contributed by atoms with Crippen LogP contribution in [0.4, 0.5) is 0 Å². The number of benzene rings is 1. The first-order valence-electron chi connectivity index (χ1n) is 7.49. The molecule has 0 aliphatic carbocycles. The zero-order valence-corrected chi connectivity index (χ0v) is 14.4. The lowest BCUT2D eigenvalue weighted by Crippen LogP contribution is -2.28. The fraction of sp³-hybridized carbons (Fsp3) is 0.625. The summed E-state index contributed by atoms with van der Waals surface area (Å²) in [6, 6.07) is 6.36. The molecule has 1 unspecified atom stereocenters. The Hall–Kier alpha value is -0.580. The second-order valence-electron chi connectivity index (χ2n) is 5.00. The van der Waals surface area contributed by atoms with E-state index < -0.39 is 0 Å². The summed E-state index contributed by atoms with van der Waals surface area (Å²) in [5, 5.41) is 0. The molecule has 0 heterocycles. The highest BCUT2D eigenvalue weighted by atomic mass is 79.9. The Labute approximate surface area is 131 Å². The van der Waals surface area contributed by atoms with Gasteiger partial charge in [0.25, 0.3) is 0 Å². The summed E-state index contributed by atoms with van der Waals surface area (Å²) in [7, 11) is 0. The molecule has 1 atom stereocenters. The number of hydrogen-bond acceptors (Lipinski definition) is 3. The Kier molecular flexibility index (Phi) is 8.19. The molecule has 20 heavy (non-hydrogen) atoms. The SMILES string of the molecule is CCC(N)Cc1cc(Br)ccc1OCCN(CC)CC. The van der Waals surface area contributed by atoms with Crippen LogP contribution in [0, 0.1) is 0 Å². The van der Waals surface area contributed by atoms with Gasteiger partial charge in [-0.2, -0.15) is 0 Å². The highest BCUT2D eigenvalue weighted by Crippen LogP contribution is 2.24. The molecule has 0 saturated heterocycles. The van der Waals surface area contributed by atoms with Gasteiger partial charge >= 0.3 is 0 Å². The molecule has 1 aromatic carbocycles. The van der Waals surface area contributed by atoms with Crippen LogP contribution in [0.3, 0.4) is 0 Å². The van der Waals surface area contributed by atoms with Crippen LogP contribution in [0.25, 0.3) is 0 Å². The summed E-state index contributed by atoms with van der Waals surface area (Å²) in [6.07, 6.45) is 1.84. The van der Waals surface area contributed by atoms with Gasteiger partial charge in [0.1, 0.15) is 12.4 Å². The van der Waals surface area contributed by atoms with Crippen molar-refractivity contribution in [2.45, 2.75) is 39.7 Å². The van der Waals surface area contributed by atoms with Gasteiger partial charge < -0.3 is 15.4 Å². The Morgan fingerprint density at radius 1 is 1.25 bits per heavy atom. The van der Waals surface area contributed by atoms with Crippen molar-refractivity contribution in [2.75, 3.05) is 26.2 Å². The summed E-state index contributed by atoms with van der Waals surface area (Å²) in [4.78, 5) is 2.36. The van der Waals surface area contributed by atoms with Crippen molar-refractivity contribution in [1.29, 1.82) is 0 Å². The fourth-order valence-electron chi connectivity index (χ4n) is 2.10. The lowest BCUT2D eigenvalue weighted by Gasteiger charge is -2.19. The summed E-state index contributed by atoms with van der Waals surface area (Å²) in [6.45, 7) is 10.3. The molecule has 1 rings (SSSR count). The molecule has 0 aliphatic rings. The van der Waals surface area contributed by atoms with Crippen molar-refractivity contribution in [2.24, 2.45) is 5.73 Å². The van der Waals surface area contributed by atoms with E-state index in [9.17, 15) is 0 Å². The first-order chi connectivity index (χ1) is 9.60. The van der Waals surface area contributed by atoms with Gasteiger partial charge in [0.05, 0.1) is 0 Å². The van der Waals surface area contributed by atoms with Crippen LogP contribution < -0.4 is 10.5 Å². The molecular weight excluding hydrogens is 316 g/mol. The van der Waals surface area contributed by atoms with E-state index in [1.807, 2.05) is 12.1 Å². The summed E-state index contributed by atoms with van der Waals surface area (Å²) < 4.78 is 7.03. The van der Waals surface area contributed by atoms with Gasteiger partial charge in [0, 0.05) is 17.1 Å². The van der Waals surface area contributed by atoms with Gasteiger partial charge in [0.15, 0.2) is 0 Å². The van der Waals surface area contributed by atoms with E-state index in [0.717, 1.165) is 49.3 Å². The predicted molar refractivity (Wildman–Crippen MR) is 89.4 cm³/mol. The molecule has 0 fully saturated rings. The summed E-state index contributed by atoms with van der Waals surface area (Å²) >= 11 is 3.52. The molecule has 114 valence electrons. The maximum atomic E-state index is 6.06. The van der Waals surface area contributed by atoms with E-state index in [1.165, 1.54) is 5.56 Å². The number of likely N-dealkylation sites (N-methyl/N-ethyl adjacent to an activating group) is 1. The Bertz CT molecular complexity index is 394. The second-order valence-corrected chi connectivity index (χ2v) is 5.92. The predicted octanol–water partition coefficient (Wildman–Crippen LogP) is 3.45. The molecular formula is C16H27BrN2O. The van der Waals surface area contributed by atoms with Crippen LogP contribution >= 0.6 is 15.9 Å². The van der Waals surface area contributed by atoms with E-state index in [-0.39, 0.29) is 6.04 Å². The fourth-order valence-corrected chi connectivity index (χ4v) is 2.51. The van der Waals surface area contributed by atoms with Gasteiger partial charge in [-0.25, -0.2) is 0 Å². The largest absolute Gasteiger partial charge is 0.492 e. The lowest BCUT2D eigenvalue weighted by molar-refractivity contribution is 0.221. The third-order valence-corrected chi connectivity index (χ3v) is 4.08. The van der Waals surface area contributed by atoms with Crippen molar-refractivity contribution in [3.8, 4) is 5.75 Å². The van der Waals surface area contributed by atoms with E-state index in [2.05, 4.69) is 47.7 Å². The molecule has 0 radical (unpaired) electrons. The highest BCUT2D eigenvalue weighted by molar-refractivity contribution is 9.10. The second kappa shape index (κ2) is 9.37. The Balaban J connectivity index is 2.64. The monoisotopic (exact) mass is 342 g/mol. The van der Waals surface area contributed by atoms with Crippen molar-refractivity contribution in [3.63, 3.8) is 0 Å².